The number of ether oxygens (including phenoxy) is 2. The first-order chi connectivity index (χ1) is 11.0. The summed E-state index contributed by atoms with van der Waals surface area (Å²) in [6.07, 6.45) is 0. The maximum Gasteiger partial charge on any atom is 0.339 e. The second-order valence-electron chi connectivity index (χ2n) is 4.49. The first-order valence-electron chi connectivity index (χ1n) is 6.63. The Labute approximate surface area is 141 Å². The van der Waals surface area contributed by atoms with Gasteiger partial charge in [-0.05, 0) is 58.4 Å². The molecule has 120 valence electrons. The summed E-state index contributed by atoms with van der Waals surface area (Å²) in [4.78, 5) is 23.6. The number of carbonyl (C=O) groups is 2. The lowest BCUT2D eigenvalue weighted by Gasteiger charge is -2.10. The molecule has 6 nitrogen and oxygen atoms in total. The van der Waals surface area contributed by atoms with Crippen LogP contribution in [0.15, 0.2) is 46.9 Å². The van der Waals surface area contributed by atoms with Gasteiger partial charge in [-0.15, -0.1) is 0 Å². The van der Waals surface area contributed by atoms with Crippen LogP contribution in [0.3, 0.4) is 0 Å². The summed E-state index contributed by atoms with van der Waals surface area (Å²) >= 11 is 3.26. The monoisotopic (exact) mass is 378 g/mol. The third kappa shape index (κ3) is 4.46. The number of benzene rings is 2. The highest BCUT2D eigenvalue weighted by molar-refractivity contribution is 9.10. The molecule has 2 rings (SSSR count). The normalized spacial score (nSPS) is 9.87. The molecule has 0 saturated heterocycles. The van der Waals surface area contributed by atoms with E-state index in [0.29, 0.717) is 27.2 Å². The molecule has 0 fully saturated rings. The maximum atomic E-state index is 12.0. The highest BCUT2D eigenvalue weighted by atomic mass is 79.9. The van der Waals surface area contributed by atoms with Gasteiger partial charge in [-0.25, -0.2) is 9.59 Å². The number of nitrogens with one attached hydrogen (secondary N) is 2. The second kappa shape index (κ2) is 7.64. The number of amides is 2. The summed E-state index contributed by atoms with van der Waals surface area (Å²) in [5, 5.41) is 5.34. The van der Waals surface area contributed by atoms with Crippen molar-refractivity contribution in [2.75, 3.05) is 24.9 Å². The van der Waals surface area contributed by atoms with Gasteiger partial charge in [0.1, 0.15) is 5.75 Å². The van der Waals surface area contributed by atoms with E-state index in [9.17, 15) is 9.59 Å². The fourth-order valence-corrected chi connectivity index (χ4v) is 2.25. The fourth-order valence-electron chi connectivity index (χ4n) is 1.84. The van der Waals surface area contributed by atoms with Crippen molar-refractivity contribution in [1.82, 2.24) is 0 Å². The summed E-state index contributed by atoms with van der Waals surface area (Å²) in [5.41, 5.74) is 1.42. The standard InChI is InChI=1S/C16H15BrN2O4/c1-22-12-6-3-10(4-7-12)18-16(21)19-11-5-8-14(17)13(9-11)15(20)23-2/h3-9H,1-2H3,(H2,18,19,21). The first kappa shape index (κ1) is 16.8. The average molecular weight is 379 g/mol. The molecule has 0 aliphatic heterocycles. The van der Waals surface area contributed by atoms with Crippen molar-refractivity contribution in [2.45, 2.75) is 0 Å². The van der Waals surface area contributed by atoms with Crippen molar-refractivity contribution in [1.29, 1.82) is 0 Å². The predicted molar refractivity (Wildman–Crippen MR) is 91.1 cm³/mol. The molecule has 0 heterocycles. The van der Waals surface area contributed by atoms with Gasteiger partial charge >= 0.3 is 12.0 Å². The molecule has 2 aromatic rings. The van der Waals surface area contributed by atoms with Gasteiger partial charge in [0, 0.05) is 15.8 Å². The molecule has 0 aliphatic carbocycles. The number of anilines is 2. The van der Waals surface area contributed by atoms with E-state index in [-0.39, 0.29) is 0 Å². The lowest BCUT2D eigenvalue weighted by atomic mass is 10.2. The SMILES string of the molecule is COC(=O)c1cc(NC(=O)Nc2ccc(OC)cc2)ccc1Br. The van der Waals surface area contributed by atoms with Crippen LogP contribution < -0.4 is 15.4 Å². The van der Waals surface area contributed by atoms with E-state index in [0.717, 1.165) is 0 Å². The van der Waals surface area contributed by atoms with Crippen LogP contribution in [0.2, 0.25) is 0 Å². The topological polar surface area (TPSA) is 76.7 Å². The van der Waals surface area contributed by atoms with Crippen molar-refractivity contribution in [2.24, 2.45) is 0 Å². The van der Waals surface area contributed by atoms with E-state index in [1.54, 1.807) is 43.5 Å². The van der Waals surface area contributed by atoms with E-state index in [1.165, 1.54) is 13.2 Å². The third-order valence-electron chi connectivity index (χ3n) is 2.98. The summed E-state index contributed by atoms with van der Waals surface area (Å²) in [6.45, 7) is 0. The lowest BCUT2D eigenvalue weighted by Crippen LogP contribution is -2.19. The maximum absolute atomic E-state index is 12.0. The number of methoxy groups -OCH3 is 2. The van der Waals surface area contributed by atoms with E-state index in [4.69, 9.17) is 4.74 Å². The first-order valence-corrected chi connectivity index (χ1v) is 7.42. The minimum Gasteiger partial charge on any atom is -0.497 e. The van der Waals surface area contributed by atoms with Crippen LogP contribution in [0.25, 0.3) is 0 Å². The minimum absolute atomic E-state index is 0.328. The summed E-state index contributed by atoms with van der Waals surface area (Å²) in [5.74, 6) is 0.211. The molecule has 2 N–H and O–H groups in total. The number of hydrogen-bond acceptors (Lipinski definition) is 4. The van der Waals surface area contributed by atoms with Gasteiger partial charge in [0.15, 0.2) is 0 Å². The fraction of sp³-hybridized carbons (Fsp3) is 0.125. The van der Waals surface area contributed by atoms with Gasteiger partial charge in [-0.2, -0.15) is 0 Å². The Bertz CT molecular complexity index is 717. The molecular formula is C16H15BrN2O4. The summed E-state index contributed by atoms with van der Waals surface area (Å²) < 4.78 is 10.3. The predicted octanol–water partition coefficient (Wildman–Crippen LogP) is 3.89. The molecule has 0 aliphatic rings. The number of urea groups is 1. The number of carbonyl (C=O) groups excluding carboxylic acids is 2. The molecule has 2 aromatic carbocycles. The van der Waals surface area contributed by atoms with Crippen LogP contribution in [0.1, 0.15) is 10.4 Å². The lowest BCUT2D eigenvalue weighted by molar-refractivity contribution is 0.0599. The van der Waals surface area contributed by atoms with Crippen molar-refractivity contribution in [3.05, 3.63) is 52.5 Å². The van der Waals surface area contributed by atoms with Crippen LogP contribution in [0.5, 0.6) is 5.75 Å². The smallest absolute Gasteiger partial charge is 0.339 e. The highest BCUT2D eigenvalue weighted by Crippen LogP contribution is 2.22. The van der Waals surface area contributed by atoms with Gasteiger partial charge < -0.3 is 20.1 Å². The summed E-state index contributed by atoms with van der Waals surface area (Å²) in [7, 11) is 2.87. The zero-order valence-corrected chi connectivity index (χ0v) is 14.1. The van der Waals surface area contributed by atoms with Crippen molar-refractivity contribution in [3.63, 3.8) is 0 Å². The van der Waals surface area contributed by atoms with Crippen LogP contribution in [-0.4, -0.2) is 26.2 Å². The number of rotatable bonds is 4. The molecule has 0 unspecified atom stereocenters. The molecule has 0 saturated carbocycles. The van der Waals surface area contributed by atoms with Gasteiger partial charge in [0.2, 0.25) is 0 Å². The molecule has 0 atom stereocenters. The van der Waals surface area contributed by atoms with Crippen LogP contribution in [0, 0.1) is 0 Å². The zero-order valence-electron chi connectivity index (χ0n) is 12.6. The molecule has 7 heteroatoms. The third-order valence-corrected chi connectivity index (χ3v) is 3.67. The Morgan fingerprint density at radius 1 is 0.957 bits per heavy atom. The van der Waals surface area contributed by atoms with Gasteiger partial charge in [0.05, 0.1) is 19.8 Å². The van der Waals surface area contributed by atoms with Gasteiger partial charge in [-0.3, -0.25) is 0 Å². The number of hydrogen-bond donors (Lipinski definition) is 2. The largest absolute Gasteiger partial charge is 0.497 e. The molecule has 0 aromatic heterocycles. The van der Waals surface area contributed by atoms with Crippen LogP contribution >= 0.6 is 15.9 Å². The zero-order chi connectivity index (χ0) is 16.8. The quantitative estimate of drug-likeness (QED) is 0.791. The summed E-state index contributed by atoms with van der Waals surface area (Å²) in [6, 6.07) is 11.4. The van der Waals surface area contributed by atoms with E-state index >= 15 is 0 Å². The Hall–Kier alpha value is -2.54. The van der Waals surface area contributed by atoms with Gasteiger partial charge in [0.25, 0.3) is 0 Å². The number of esters is 1. The molecular weight excluding hydrogens is 364 g/mol. The molecule has 0 radical (unpaired) electrons. The van der Waals surface area contributed by atoms with E-state index < -0.39 is 12.0 Å². The van der Waals surface area contributed by atoms with Gasteiger partial charge in [-0.1, -0.05) is 0 Å². The highest BCUT2D eigenvalue weighted by Gasteiger charge is 2.12. The van der Waals surface area contributed by atoms with Crippen molar-refractivity contribution < 1.29 is 19.1 Å². The second-order valence-corrected chi connectivity index (χ2v) is 5.35. The van der Waals surface area contributed by atoms with E-state index in [2.05, 4.69) is 31.3 Å². The Morgan fingerprint density at radius 3 is 2.17 bits per heavy atom. The van der Waals surface area contributed by atoms with E-state index in [1.807, 2.05) is 0 Å². The van der Waals surface area contributed by atoms with Crippen molar-refractivity contribution >= 4 is 39.3 Å². The minimum atomic E-state index is -0.490. The Morgan fingerprint density at radius 2 is 1.57 bits per heavy atom. The van der Waals surface area contributed by atoms with Crippen LogP contribution in [0.4, 0.5) is 16.2 Å². The average Bonchev–Trinajstić information content (AvgIpc) is 2.56. The molecule has 0 spiro atoms. The van der Waals surface area contributed by atoms with Crippen LogP contribution in [-0.2, 0) is 4.74 Å². The Kier molecular flexibility index (Phi) is 5.59. The number of halogens is 1. The van der Waals surface area contributed by atoms with Crippen molar-refractivity contribution in [3.8, 4) is 5.75 Å². The molecule has 2 amide bonds. The molecule has 0 bridgehead atoms. The Balaban J connectivity index is 2.06. The molecule has 23 heavy (non-hydrogen) atoms.